The smallest absolute Gasteiger partial charge is 0.122 e. The number of unbranched alkanes of at least 4 members (excludes halogenated alkanes) is 16. The third kappa shape index (κ3) is 17.9. The Bertz CT molecular complexity index is 917. The molecule has 0 fully saturated rings. The molecule has 6 nitrogen and oxygen atoms in total. The summed E-state index contributed by atoms with van der Waals surface area (Å²) < 4.78 is 11.9. The molecule has 0 aromatic heterocycles. The first kappa shape index (κ1) is 34.8. The summed E-state index contributed by atoms with van der Waals surface area (Å²) in [5.74, 6) is 1.79. The fraction of sp³-hybridized carbons (Fsp3) is 0.657. The van der Waals surface area contributed by atoms with Crippen LogP contribution in [0.2, 0.25) is 0 Å². The van der Waals surface area contributed by atoms with Gasteiger partial charge >= 0.3 is 0 Å². The summed E-state index contributed by atoms with van der Waals surface area (Å²) in [6.45, 7) is 4.20. The summed E-state index contributed by atoms with van der Waals surface area (Å²) >= 11 is 0. The van der Waals surface area contributed by atoms with Gasteiger partial charge in [0.2, 0.25) is 0 Å². The standard InChI is InChI=1S/C35H56N2O4/c1-31-30-33(22-25-35(31)41-29-19-15-11-7-3-5-9-13-17-27-39)37-36-32-20-23-34(24-21-32)40-28-18-14-10-6-2-4-8-12-16-26-38/h20-25,30,38-39H,2-19,26-29H2,1H3. The van der Waals surface area contributed by atoms with Crippen LogP contribution in [0.1, 0.15) is 121 Å². The van der Waals surface area contributed by atoms with E-state index >= 15 is 0 Å². The van der Waals surface area contributed by atoms with Crippen LogP contribution in [0.3, 0.4) is 0 Å². The second-order valence-electron chi connectivity index (χ2n) is 11.2. The molecule has 0 radical (unpaired) electrons. The molecular weight excluding hydrogens is 512 g/mol. The van der Waals surface area contributed by atoms with Gasteiger partial charge in [0.15, 0.2) is 0 Å². The average molecular weight is 569 g/mol. The van der Waals surface area contributed by atoms with Crippen molar-refractivity contribution in [2.75, 3.05) is 26.4 Å². The molecule has 0 amide bonds. The summed E-state index contributed by atoms with van der Waals surface area (Å²) in [5, 5.41) is 26.4. The zero-order valence-electron chi connectivity index (χ0n) is 25.7. The van der Waals surface area contributed by atoms with E-state index in [4.69, 9.17) is 19.7 Å². The number of aliphatic hydroxyl groups excluding tert-OH is 2. The Kier molecular flexibility index (Phi) is 20.5. The second-order valence-corrected chi connectivity index (χ2v) is 11.2. The van der Waals surface area contributed by atoms with E-state index in [1.807, 2.05) is 42.5 Å². The van der Waals surface area contributed by atoms with Gasteiger partial charge in [-0.15, -0.1) is 0 Å². The quantitative estimate of drug-likeness (QED) is 0.0873. The minimum atomic E-state index is 0.327. The zero-order valence-corrected chi connectivity index (χ0v) is 25.7. The number of benzene rings is 2. The molecule has 0 aliphatic carbocycles. The van der Waals surface area contributed by atoms with Crippen LogP contribution >= 0.6 is 0 Å². The van der Waals surface area contributed by atoms with Crippen LogP contribution in [0.4, 0.5) is 11.4 Å². The molecular formula is C35H56N2O4. The van der Waals surface area contributed by atoms with Gasteiger partial charge in [-0.3, -0.25) is 0 Å². The summed E-state index contributed by atoms with van der Waals surface area (Å²) in [4.78, 5) is 0. The lowest BCUT2D eigenvalue weighted by Gasteiger charge is -2.09. The number of aryl methyl sites for hydroxylation is 1. The van der Waals surface area contributed by atoms with Crippen molar-refractivity contribution in [2.24, 2.45) is 10.2 Å². The van der Waals surface area contributed by atoms with Gasteiger partial charge in [0.25, 0.3) is 0 Å². The Hall–Kier alpha value is -2.44. The van der Waals surface area contributed by atoms with Crippen LogP contribution in [0.15, 0.2) is 52.7 Å². The van der Waals surface area contributed by atoms with Gasteiger partial charge in [0, 0.05) is 13.2 Å². The molecule has 2 aromatic carbocycles. The van der Waals surface area contributed by atoms with Gasteiger partial charge in [-0.25, -0.2) is 0 Å². The minimum absolute atomic E-state index is 0.327. The van der Waals surface area contributed by atoms with Crippen molar-refractivity contribution in [3.05, 3.63) is 48.0 Å². The van der Waals surface area contributed by atoms with Crippen molar-refractivity contribution in [1.29, 1.82) is 0 Å². The lowest BCUT2D eigenvalue weighted by atomic mass is 10.1. The van der Waals surface area contributed by atoms with E-state index in [1.165, 1.54) is 77.0 Å². The summed E-state index contributed by atoms with van der Waals surface area (Å²) in [7, 11) is 0. The van der Waals surface area contributed by atoms with E-state index in [0.717, 1.165) is 80.2 Å². The van der Waals surface area contributed by atoms with Crippen LogP contribution < -0.4 is 9.47 Å². The number of hydrogen-bond acceptors (Lipinski definition) is 6. The first-order valence-corrected chi connectivity index (χ1v) is 16.3. The summed E-state index contributed by atoms with van der Waals surface area (Å²) in [6, 6.07) is 13.8. The van der Waals surface area contributed by atoms with E-state index < -0.39 is 0 Å². The van der Waals surface area contributed by atoms with Crippen molar-refractivity contribution in [1.82, 2.24) is 0 Å². The highest BCUT2D eigenvalue weighted by atomic mass is 16.5. The molecule has 2 aromatic rings. The van der Waals surface area contributed by atoms with E-state index in [1.54, 1.807) is 0 Å². The van der Waals surface area contributed by atoms with Crippen molar-refractivity contribution in [3.63, 3.8) is 0 Å². The number of nitrogens with zero attached hydrogens (tertiary/aromatic N) is 2. The maximum atomic E-state index is 8.81. The lowest BCUT2D eigenvalue weighted by molar-refractivity contribution is 0.282. The molecule has 41 heavy (non-hydrogen) atoms. The predicted octanol–water partition coefficient (Wildman–Crippen LogP) is 10.2. The van der Waals surface area contributed by atoms with Crippen molar-refractivity contribution < 1.29 is 19.7 Å². The first-order valence-electron chi connectivity index (χ1n) is 16.3. The molecule has 2 N–H and O–H groups in total. The van der Waals surface area contributed by atoms with Crippen LogP contribution in [0, 0.1) is 6.92 Å². The van der Waals surface area contributed by atoms with Crippen LogP contribution in [-0.2, 0) is 0 Å². The van der Waals surface area contributed by atoms with Gasteiger partial charge < -0.3 is 19.7 Å². The molecule has 0 heterocycles. The first-order chi connectivity index (χ1) is 20.2. The highest BCUT2D eigenvalue weighted by Gasteiger charge is 2.02. The molecule has 0 atom stereocenters. The Morgan fingerprint density at radius 3 is 1.39 bits per heavy atom. The predicted molar refractivity (Wildman–Crippen MR) is 170 cm³/mol. The van der Waals surface area contributed by atoms with Crippen LogP contribution in [-0.4, -0.2) is 36.6 Å². The number of ether oxygens (including phenoxy) is 2. The Morgan fingerprint density at radius 2 is 0.902 bits per heavy atom. The van der Waals surface area contributed by atoms with Crippen molar-refractivity contribution in [2.45, 2.75) is 122 Å². The monoisotopic (exact) mass is 568 g/mol. The molecule has 6 heteroatoms. The highest BCUT2D eigenvalue weighted by molar-refractivity contribution is 5.47. The molecule has 0 unspecified atom stereocenters. The van der Waals surface area contributed by atoms with E-state index in [9.17, 15) is 0 Å². The number of aliphatic hydroxyl groups is 2. The Balaban J connectivity index is 1.55. The second kappa shape index (κ2) is 24.2. The molecule has 0 bridgehead atoms. The average Bonchev–Trinajstić information content (AvgIpc) is 2.99. The summed E-state index contributed by atoms with van der Waals surface area (Å²) in [5.41, 5.74) is 2.70. The zero-order chi connectivity index (χ0) is 29.2. The number of azo groups is 1. The minimum Gasteiger partial charge on any atom is -0.494 e. The maximum Gasteiger partial charge on any atom is 0.122 e. The topological polar surface area (TPSA) is 83.6 Å². The van der Waals surface area contributed by atoms with Crippen LogP contribution in [0.25, 0.3) is 0 Å². The van der Waals surface area contributed by atoms with Crippen molar-refractivity contribution in [3.8, 4) is 11.5 Å². The largest absolute Gasteiger partial charge is 0.494 e. The van der Waals surface area contributed by atoms with Gasteiger partial charge in [-0.1, -0.05) is 89.9 Å². The fourth-order valence-electron chi connectivity index (χ4n) is 4.86. The molecule has 2 rings (SSSR count). The fourth-order valence-corrected chi connectivity index (χ4v) is 4.86. The lowest BCUT2D eigenvalue weighted by Crippen LogP contribution is -1.98. The normalized spacial score (nSPS) is 11.4. The van der Waals surface area contributed by atoms with Crippen LogP contribution in [0.5, 0.6) is 11.5 Å². The van der Waals surface area contributed by atoms with Crippen molar-refractivity contribution >= 4 is 11.4 Å². The van der Waals surface area contributed by atoms with Gasteiger partial charge in [-0.05, 0) is 80.6 Å². The van der Waals surface area contributed by atoms with Gasteiger partial charge in [0.05, 0.1) is 24.6 Å². The third-order valence-electron chi connectivity index (χ3n) is 7.41. The van der Waals surface area contributed by atoms with E-state index in [2.05, 4.69) is 17.2 Å². The Labute approximate surface area is 249 Å². The Morgan fingerprint density at radius 1 is 0.488 bits per heavy atom. The van der Waals surface area contributed by atoms with E-state index in [0.29, 0.717) is 13.2 Å². The molecule has 0 spiro atoms. The molecule has 0 saturated heterocycles. The number of hydrogen-bond donors (Lipinski definition) is 2. The maximum absolute atomic E-state index is 8.81. The molecule has 0 aliphatic rings. The SMILES string of the molecule is Cc1cc(N=Nc2ccc(OCCCCCCCCCCCO)cc2)ccc1OCCCCCCCCCCCO. The highest BCUT2D eigenvalue weighted by Crippen LogP contribution is 2.26. The molecule has 0 saturated carbocycles. The van der Waals surface area contributed by atoms with E-state index in [-0.39, 0.29) is 0 Å². The summed E-state index contributed by atoms with van der Waals surface area (Å²) in [6.07, 6.45) is 21.6. The molecule has 230 valence electrons. The van der Waals surface area contributed by atoms with Gasteiger partial charge in [0.1, 0.15) is 11.5 Å². The number of rotatable bonds is 26. The molecule has 0 aliphatic heterocycles. The third-order valence-corrected chi connectivity index (χ3v) is 7.41. The van der Waals surface area contributed by atoms with Gasteiger partial charge in [-0.2, -0.15) is 10.2 Å².